The maximum Gasteiger partial charge on any atom is 1.00 e. The average molecular weight is 436 g/mol. The van der Waals surface area contributed by atoms with E-state index in [2.05, 4.69) is 9.88 Å². The number of aromatic nitrogens is 2. The number of nitrogens with one attached hydrogen (secondary N) is 1. The third-order valence-electron chi connectivity index (χ3n) is 6.67. The van der Waals surface area contributed by atoms with E-state index in [1.54, 1.807) is 24.3 Å². The number of H-pyrrole nitrogens is 1. The first kappa shape index (κ1) is 24.0. The number of benzene rings is 1. The van der Waals surface area contributed by atoms with Crippen LogP contribution in [-0.2, 0) is 4.79 Å². The Morgan fingerprint density at radius 3 is 2.42 bits per heavy atom. The van der Waals surface area contributed by atoms with Crippen LogP contribution in [0.5, 0.6) is 0 Å². The maximum atomic E-state index is 12.8. The Balaban J connectivity index is 0.00000181. The molecule has 2 aromatic rings. The first-order valence-corrected chi connectivity index (χ1v) is 11.0. The van der Waals surface area contributed by atoms with Gasteiger partial charge in [0.1, 0.15) is 0 Å². The van der Waals surface area contributed by atoms with Gasteiger partial charge in [0, 0.05) is 30.7 Å². The zero-order chi connectivity index (χ0) is 21.3. The Morgan fingerprint density at radius 2 is 1.74 bits per heavy atom. The van der Waals surface area contributed by atoms with Crippen molar-refractivity contribution >= 4 is 22.7 Å². The van der Waals surface area contributed by atoms with Crippen molar-refractivity contribution in [3.05, 3.63) is 50.5 Å². The number of hydrogen-bond donors (Lipinski definition) is 2. The number of rotatable bonds is 3. The molecule has 0 radical (unpaired) electrons. The van der Waals surface area contributed by atoms with Gasteiger partial charge in [-0.15, -0.1) is 0 Å². The molecule has 0 spiro atoms. The monoisotopic (exact) mass is 435 g/mol. The smallest absolute Gasteiger partial charge is 1.00 e. The summed E-state index contributed by atoms with van der Waals surface area (Å²) in [7, 11) is 0. The van der Waals surface area contributed by atoms with Gasteiger partial charge in [0.25, 0.3) is 0 Å². The molecule has 162 valence electrons. The molecule has 1 aromatic carbocycles. The Hall–Kier alpha value is -1.67. The molecule has 0 saturated heterocycles. The van der Waals surface area contributed by atoms with E-state index in [1.807, 2.05) is 6.92 Å². The van der Waals surface area contributed by atoms with Crippen LogP contribution in [0.15, 0.2) is 39.4 Å². The van der Waals surface area contributed by atoms with Crippen LogP contribution in [0.2, 0.25) is 0 Å². The maximum absolute atomic E-state index is 12.8. The van der Waals surface area contributed by atoms with E-state index in [0.29, 0.717) is 35.7 Å². The van der Waals surface area contributed by atoms with Crippen molar-refractivity contribution < 1.29 is 40.9 Å². The van der Waals surface area contributed by atoms with Crippen LogP contribution in [0.3, 0.4) is 0 Å². The summed E-state index contributed by atoms with van der Waals surface area (Å²) in [5.74, 6) is -1.02. The number of hydrogen-bond acceptors (Lipinski definition) is 4. The molecule has 0 amide bonds. The van der Waals surface area contributed by atoms with Gasteiger partial charge in [-0.2, -0.15) is 0 Å². The molecule has 7 nitrogen and oxygen atoms in total. The van der Waals surface area contributed by atoms with Gasteiger partial charge >= 0.3 is 46.6 Å². The summed E-state index contributed by atoms with van der Waals surface area (Å²) in [4.78, 5) is 42.3. The Bertz CT molecular complexity index is 1100. The van der Waals surface area contributed by atoms with Crippen LogP contribution < -0.4 is 40.7 Å². The van der Waals surface area contributed by atoms with E-state index >= 15 is 0 Å². The van der Waals surface area contributed by atoms with Crippen LogP contribution in [0, 0.1) is 0 Å². The Labute approximate surface area is 204 Å². The summed E-state index contributed by atoms with van der Waals surface area (Å²) < 4.78 is 1.32. The molecule has 31 heavy (non-hydrogen) atoms. The molecular weight excluding hydrogens is 405 g/mol. The average Bonchev–Trinajstić information content (AvgIpc) is 2.69. The Morgan fingerprint density at radius 1 is 1.10 bits per heavy atom. The summed E-state index contributed by atoms with van der Waals surface area (Å²) in [6.07, 6.45) is 8.69. The fourth-order valence-corrected chi connectivity index (χ4v) is 5.20. The first-order valence-electron chi connectivity index (χ1n) is 11.0. The summed E-state index contributed by atoms with van der Waals surface area (Å²) in [5.41, 5.74) is 0.248. The van der Waals surface area contributed by atoms with Crippen molar-refractivity contribution in [2.24, 2.45) is 0 Å². The number of carboxylic acids is 1. The second kappa shape index (κ2) is 10.3. The quantitative estimate of drug-likeness (QED) is 0.535. The molecule has 1 unspecified atom stereocenters. The van der Waals surface area contributed by atoms with Gasteiger partial charge in [0.2, 0.25) is 0 Å². The minimum atomic E-state index is -1.02. The Kier molecular flexibility index (Phi) is 7.97. The van der Waals surface area contributed by atoms with Gasteiger partial charge in [-0.05, 0) is 31.9 Å². The van der Waals surface area contributed by atoms with Crippen molar-refractivity contribution in [3.8, 4) is 0 Å². The van der Waals surface area contributed by atoms with Crippen molar-refractivity contribution in [3.63, 3.8) is 0 Å². The minimum Gasteiger partial charge on any atom is -1.00 e. The number of aliphatic carboxylic acids is 1. The molecule has 2 aliphatic rings. The SMILES string of the molecule is CC1C(C(=O)O)=C(n2c(=O)c(=O)[nH]c3ccccc32)CCN1C1CCCCCCC1.[H-].[Na+]. The van der Waals surface area contributed by atoms with Crippen LogP contribution in [0.4, 0.5) is 0 Å². The fourth-order valence-electron chi connectivity index (χ4n) is 5.20. The van der Waals surface area contributed by atoms with E-state index < -0.39 is 17.1 Å². The normalized spacial score (nSPS) is 21.4. The topological polar surface area (TPSA) is 95.4 Å². The van der Waals surface area contributed by atoms with E-state index in [1.165, 1.54) is 36.7 Å². The van der Waals surface area contributed by atoms with Gasteiger partial charge in [0.05, 0.1) is 16.6 Å². The summed E-state index contributed by atoms with van der Waals surface area (Å²) in [5, 5.41) is 10.1. The van der Waals surface area contributed by atoms with Crippen LogP contribution in [0.25, 0.3) is 16.7 Å². The molecule has 2 N–H and O–H groups in total. The molecule has 8 heteroatoms. The van der Waals surface area contributed by atoms with Gasteiger partial charge < -0.3 is 11.5 Å². The third-order valence-corrected chi connectivity index (χ3v) is 6.67. The largest absolute Gasteiger partial charge is 1.00 e. The molecule has 0 bridgehead atoms. The number of para-hydroxylation sites is 2. The number of carboxylic acid groups (broad SMARTS) is 1. The van der Waals surface area contributed by atoms with Crippen LogP contribution >= 0.6 is 0 Å². The van der Waals surface area contributed by atoms with Crippen molar-refractivity contribution in [1.82, 2.24) is 14.5 Å². The van der Waals surface area contributed by atoms with Gasteiger partial charge in [0.15, 0.2) is 0 Å². The summed E-state index contributed by atoms with van der Waals surface area (Å²) >= 11 is 0. The molecule has 1 saturated carbocycles. The van der Waals surface area contributed by atoms with Gasteiger partial charge in [-0.3, -0.25) is 19.1 Å². The van der Waals surface area contributed by atoms with E-state index in [9.17, 15) is 19.5 Å². The zero-order valence-corrected chi connectivity index (χ0v) is 20.4. The third kappa shape index (κ3) is 4.75. The molecule has 1 fully saturated rings. The number of carbonyl (C=O) groups is 1. The predicted octanol–water partition coefficient (Wildman–Crippen LogP) is 0.309. The van der Waals surface area contributed by atoms with Crippen LogP contribution in [0.1, 0.15) is 59.7 Å². The second-order valence-electron chi connectivity index (χ2n) is 8.44. The number of fused-ring (bicyclic) bond motifs is 1. The fraction of sp³-hybridized carbons (Fsp3) is 0.522. The molecule has 1 aliphatic heterocycles. The summed E-state index contributed by atoms with van der Waals surface area (Å²) in [6, 6.07) is 7.07. The number of aromatic amines is 1. The minimum absolute atomic E-state index is 0. The van der Waals surface area contributed by atoms with Gasteiger partial charge in [-0.1, -0.05) is 44.2 Å². The summed E-state index contributed by atoms with van der Waals surface area (Å²) in [6.45, 7) is 2.60. The second-order valence-corrected chi connectivity index (χ2v) is 8.44. The molecule has 1 aromatic heterocycles. The number of nitrogens with zero attached hydrogens (tertiary/aromatic N) is 2. The van der Waals surface area contributed by atoms with Crippen molar-refractivity contribution in [1.29, 1.82) is 0 Å². The van der Waals surface area contributed by atoms with Crippen molar-refractivity contribution in [2.45, 2.75) is 70.4 Å². The standard InChI is InChI=1S/C23H29N3O4.Na.H/c1-15-20(23(29)30)19(13-14-25(15)16-9-5-3-2-4-6-10-16)26-18-12-8-7-11-17(18)24-21(27)22(26)28;;/h7-8,11-12,15-16H,2-6,9-10,13-14H2,1H3,(H,24,27)(H,29,30);;/q;+1;-1. The molecular formula is C23H30N3NaO4. The van der Waals surface area contributed by atoms with Gasteiger partial charge in [-0.25, -0.2) is 4.79 Å². The van der Waals surface area contributed by atoms with E-state index in [-0.39, 0.29) is 42.6 Å². The zero-order valence-electron chi connectivity index (χ0n) is 19.4. The molecule has 1 aliphatic carbocycles. The van der Waals surface area contributed by atoms with Crippen molar-refractivity contribution in [2.75, 3.05) is 6.54 Å². The van der Waals surface area contributed by atoms with Crippen LogP contribution in [-0.4, -0.2) is 44.2 Å². The first-order chi connectivity index (χ1) is 14.5. The van der Waals surface area contributed by atoms with E-state index in [4.69, 9.17) is 0 Å². The molecule has 2 heterocycles. The molecule has 1 atom stereocenters. The van der Waals surface area contributed by atoms with E-state index in [0.717, 1.165) is 12.8 Å². The molecule has 4 rings (SSSR count). The predicted molar refractivity (Wildman–Crippen MR) is 118 cm³/mol.